The number of nitrogens with zero attached hydrogens (tertiary/aromatic N) is 1. The zero-order chi connectivity index (χ0) is 17.7. The van der Waals surface area contributed by atoms with Gasteiger partial charge in [-0.15, -0.1) is 0 Å². The summed E-state index contributed by atoms with van der Waals surface area (Å²) < 4.78 is 0. The maximum atomic E-state index is 12.1. The molecule has 0 saturated carbocycles. The van der Waals surface area contributed by atoms with Gasteiger partial charge in [0.2, 0.25) is 0 Å². The van der Waals surface area contributed by atoms with E-state index in [9.17, 15) is 15.2 Å². The molecule has 0 fully saturated rings. The van der Waals surface area contributed by atoms with Crippen molar-refractivity contribution in [2.24, 2.45) is 0 Å². The van der Waals surface area contributed by atoms with Gasteiger partial charge in [-0.1, -0.05) is 91.0 Å². The van der Waals surface area contributed by atoms with E-state index in [1.807, 2.05) is 97.1 Å². The number of carboxylic acid groups (broad SMARTS) is 1. The van der Waals surface area contributed by atoms with Crippen LogP contribution in [0.15, 0.2) is 91.0 Å². The number of carboxylic acids is 1. The monoisotopic (exact) mass is 345 g/mol. The molecule has 1 N–H and O–H groups in total. The van der Waals surface area contributed by atoms with Crippen molar-refractivity contribution >= 4 is 34.1 Å². The molecule has 122 valence electrons. The summed E-state index contributed by atoms with van der Waals surface area (Å²) in [5.74, 6) is -1.17. The van der Waals surface area contributed by atoms with Crippen LogP contribution in [0.3, 0.4) is 0 Å². The van der Waals surface area contributed by atoms with E-state index in [0.29, 0.717) is 0 Å². The molecule has 0 heterocycles. The third-order valence-corrected chi connectivity index (χ3v) is 8.25. The summed E-state index contributed by atoms with van der Waals surface area (Å²) >= 11 is 0. The fraction of sp³-hybridized carbons (Fsp3) is 0. The quantitative estimate of drug-likeness (QED) is 0.740. The van der Waals surface area contributed by atoms with Gasteiger partial charge in [0, 0.05) is 6.89 Å². The Kier molecular flexibility index (Phi) is 4.84. The smallest absolute Gasteiger partial charge is 0.347 e. The van der Waals surface area contributed by atoms with Gasteiger partial charge in [-0.05, 0) is 15.9 Å². The number of aliphatic carboxylic acids is 1. The van der Waals surface area contributed by atoms with Crippen molar-refractivity contribution in [3.8, 4) is 6.07 Å². The van der Waals surface area contributed by atoms with Gasteiger partial charge in [0.15, 0.2) is 0 Å². The van der Waals surface area contributed by atoms with Gasteiger partial charge in [-0.3, -0.25) is 0 Å². The maximum absolute atomic E-state index is 12.1. The van der Waals surface area contributed by atoms with Crippen molar-refractivity contribution in [1.29, 1.82) is 5.26 Å². The fourth-order valence-electron chi connectivity index (χ4n) is 3.06. The van der Waals surface area contributed by atoms with Crippen LogP contribution in [0.4, 0.5) is 0 Å². The van der Waals surface area contributed by atoms with Gasteiger partial charge in [0.25, 0.3) is 0 Å². The van der Waals surface area contributed by atoms with Crippen LogP contribution in [0.5, 0.6) is 0 Å². The summed E-state index contributed by atoms with van der Waals surface area (Å²) in [7, 11) is 0. The minimum absolute atomic E-state index is 0.115. The molecule has 0 bridgehead atoms. The first-order valence-corrected chi connectivity index (χ1v) is 9.57. The van der Waals surface area contributed by atoms with Crippen LogP contribution in [0, 0.1) is 11.3 Å². The van der Waals surface area contributed by atoms with Gasteiger partial charge >= 0.3 is 5.97 Å². The Bertz CT molecular complexity index is 871. The molecular weight excluding hydrogens is 329 g/mol. The van der Waals surface area contributed by atoms with E-state index in [4.69, 9.17) is 0 Å². The lowest BCUT2D eigenvalue weighted by Gasteiger charge is -2.29. The van der Waals surface area contributed by atoms with E-state index in [-0.39, 0.29) is 5.29 Å². The summed E-state index contributed by atoms with van der Waals surface area (Å²) in [6.07, 6.45) is 0. The van der Waals surface area contributed by atoms with Crippen LogP contribution >= 0.6 is 6.89 Å². The molecule has 3 nitrogen and oxygen atoms in total. The van der Waals surface area contributed by atoms with E-state index in [0.717, 1.165) is 15.9 Å². The third-order valence-electron chi connectivity index (χ3n) is 4.07. The third kappa shape index (κ3) is 2.89. The van der Waals surface area contributed by atoms with E-state index >= 15 is 0 Å². The van der Waals surface area contributed by atoms with Crippen LogP contribution in [0.1, 0.15) is 0 Å². The minimum Gasteiger partial charge on any atom is -0.477 e. The Morgan fingerprint density at radius 2 is 1.04 bits per heavy atom. The molecule has 0 aromatic heterocycles. The molecule has 3 aromatic rings. The Balaban J connectivity index is 2.60. The summed E-state index contributed by atoms with van der Waals surface area (Å²) in [5, 5.41) is 22.1. The van der Waals surface area contributed by atoms with Crippen LogP contribution in [-0.4, -0.2) is 16.4 Å². The average molecular weight is 345 g/mol. The highest BCUT2D eigenvalue weighted by Gasteiger charge is 2.33. The molecular formula is C21H16NO2P. The molecule has 3 aromatic carbocycles. The molecule has 0 aliphatic heterocycles. The Labute approximate surface area is 146 Å². The predicted molar refractivity (Wildman–Crippen MR) is 103 cm³/mol. The first-order chi connectivity index (χ1) is 12.2. The van der Waals surface area contributed by atoms with E-state index < -0.39 is 12.9 Å². The Morgan fingerprint density at radius 1 is 0.720 bits per heavy atom. The van der Waals surface area contributed by atoms with Gasteiger partial charge in [-0.25, -0.2) is 4.79 Å². The molecule has 0 aliphatic rings. The summed E-state index contributed by atoms with van der Waals surface area (Å²) in [4.78, 5) is 12.1. The van der Waals surface area contributed by atoms with Crippen LogP contribution in [0.25, 0.3) is 0 Å². The lowest BCUT2D eigenvalue weighted by atomic mass is 10.4. The molecule has 0 atom stereocenters. The van der Waals surface area contributed by atoms with Crippen molar-refractivity contribution in [1.82, 2.24) is 0 Å². The van der Waals surface area contributed by atoms with Gasteiger partial charge < -0.3 is 5.11 Å². The maximum Gasteiger partial charge on any atom is 0.347 e. The second-order valence-electron chi connectivity index (χ2n) is 5.44. The molecule has 25 heavy (non-hydrogen) atoms. The molecule has 0 unspecified atom stereocenters. The molecule has 0 saturated heterocycles. The minimum atomic E-state index is -2.76. The first-order valence-electron chi connectivity index (χ1n) is 7.78. The highest BCUT2D eigenvalue weighted by Crippen LogP contribution is 2.46. The highest BCUT2D eigenvalue weighted by molar-refractivity contribution is 7.96. The number of hydrogen-bond acceptors (Lipinski definition) is 2. The zero-order valence-corrected chi connectivity index (χ0v) is 14.3. The van der Waals surface area contributed by atoms with Gasteiger partial charge in [0.1, 0.15) is 11.4 Å². The molecule has 0 radical (unpaired) electrons. The molecule has 0 spiro atoms. The van der Waals surface area contributed by atoms with Crippen LogP contribution in [0.2, 0.25) is 0 Å². The molecule has 0 amide bonds. The zero-order valence-electron chi connectivity index (χ0n) is 13.4. The van der Waals surface area contributed by atoms with Crippen molar-refractivity contribution in [2.45, 2.75) is 0 Å². The van der Waals surface area contributed by atoms with Crippen molar-refractivity contribution in [3.63, 3.8) is 0 Å². The summed E-state index contributed by atoms with van der Waals surface area (Å²) in [6, 6.07) is 30.4. The SMILES string of the molecule is N#CC(C(=O)O)=P(c1ccccc1)(c1ccccc1)c1ccccc1. The summed E-state index contributed by atoms with van der Waals surface area (Å²) in [5.41, 5.74) is 0. The first kappa shape index (κ1) is 16.8. The molecule has 0 aliphatic carbocycles. The highest BCUT2D eigenvalue weighted by atomic mass is 31.2. The standard InChI is InChI=1S/C21H16NO2P/c22-16-20(21(23)24)25(17-10-4-1-5-11-17,18-12-6-2-7-13-18)19-14-8-3-9-15-19/h1-15H,(H,23,24). The second-order valence-corrected chi connectivity index (χ2v) is 8.78. The number of carbonyl (C=O) groups is 1. The number of hydrogen-bond donors (Lipinski definition) is 1. The van der Waals surface area contributed by atoms with Gasteiger partial charge in [0.05, 0.1) is 0 Å². The lowest BCUT2D eigenvalue weighted by Crippen LogP contribution is -2.32. The lowest BCUT2D eigenvalue weighted by molar-refractivity contribution is -0.129. The topological polar surface area (TPSA) is 61.1 Å². The number of nitriles is 1. The largest absolute Gasteiger partial charge is 0.477 e. The molecule has 3 rings (SSSR count). The van der Waals surface area contributed by atoms with Crippen LogP contribution in [-0.2, 0) is 4.79 Å². The van der Waals surface area contributed by atoms with E-state index in [2.05, 4.69) is 0 Å². The normalized spacial score (nSPS) is 10.7. The van der Waals surface area contributed by atoms with Crippen LogP contribution < -0.4 is 15.9 Å². The second kappa shape index (κ2) is 7.21. The van der Waals surface area contributed by atoms with Crippen molar-refractivity contribution in [2.75, 3.05) is 0 Å². The van der Waals surface area contributed by atoms with E-state index in [1.165, 1.54) is 0 Å². The fourth-order valence-corrected chi connectivity index (χ4v) is 7.02. The van der Waals surface area contributed by atoms with Crippen molar-refractivity contribution < 1.29 is 9.90 Å². The predicted octanol–water partition coefficient (Wildman–Crippen LogP) is 2.76. The van der Waals surface area contributed by atoms with E-state index in [1.54, 1.807) is 0 Å². The average Bonchev–Trinajstić information content (AvgIpc) is 2.68. The van der Waals surface area contributed by atoms with Gasteiger partial charge in [-0.2, -0.15) is 5.26 Å². The Hall–Kier alpha value is -3.08. The molecule has 4 heteroatoms. The summed E-state index contributed by atoms with van der Waals surface area (Å²) in [6.45, 7) is -2.76. The number of benzene rings is 3. The van der Waals surface area contributed by atoms with Crippen molar-refractivity contribution in [3.05, 3.63) is 91.0 Å². The Morgan fingerprint density at radius 3 is 1.28 bits per heavy atom. The number of rotatable bonds is 4.